The molecule has 140 valence electrons. The molecule has 3 fully saturated rings. The summed E-state index contributed by atoms with van der Waals surface area (Å²) in [5, 5.41) is 0. The molecule has 4 aliphatic carbocycles. The van der Waals surface area contributed by atoms with Crippen molar-refractivity contribution in [2.75, 3.05) is 0 Å². The summed E-state index contributed by atoms with van der Waals surface area (Å²) in [4.78, 5) is 12.4. The lowest BCUT2D eigenvalue weighted by Crippen LogP contribution is -2.50. The Hall–Kier alpha value is -0.720. The van der Waals surface area contributed by atoms with Gasteiger partial charge in [0.1, 0.15) is 5.78 Å². The van der Waals surface area contributed by atoms with Crippen LogP contribution in [0.25, 0.3) is 0 Å². The van der Waals surface area contributed by atoms with E-state index in [0.29, 0.717) is 36.4 Å². The number of Topliss-reactive ketones (excluding diaryl/α,β-unsaturated/α-hetero) is 1. The molecule has 6 heteroatoms. The number of carbonyl (C=O) groups is 1. The van der Waals surface area contributed by atoms with Gasteiger partial charge in [-0.1, -0.05) is 25.5 Å². The topological polar surface area (TPSA) is 80.7 Å². The van der Waals surface area contributed by atoms with Crippen molar-refractivity contribution in [2.45, 2.75) is 71.3 Å². The van der Waals surface area contributed by atoms with Crippen LogP contribution >= 0.6 is 0 Å². The van der Waals surface area contributed by atoms with Gasteiger partial charge in [-0.15, -0.1) is 0 Å². The van der Waals surface area contributed by atoms with Crippen LogP contribution in [-0.2, 0) is 19.4 Å². The van der Waals surface area contributed by atoms with Gasteiger partial charge in [0.2, 0.25) is 0 Å². The van der Waals surface area contributed by atoms with Crippen LogP contribution in [0.15, 0.2) is 11.6 Å². The minimum atomic E-state index is -4.40. The summed E-state index contributed by atoms with van der Waals surface area (Å²) in [6.07, 6.45) is 8.79. The molecule has 0 aromatic rings. The average Bonchev–Trinajstić information content (AvgIpc) is 2.82. The number of carbonyl (C=O) groups excluding carboxylic acids is 1. The number of rotatable bonds is 2. The lowest BCUT2D eigenvalue weighted by atomic mass is 9.50. The highest BCUT2D eigenvalue weighted by Crippen LogP contribution is 2.64. The van der Waals surface area contributed by atoms with Crippen molar-refractivity contribution in [3.05, 3.63) is 11.6 Å². The third-order valence-electron chi connectivity index (χ3n) is 8.03. The Morgan fingerprint density at radius 2 is 1.80 bits per heavy atom. The summed E-state index contributed by atoms with van der Waals surface area (Å²) in [6, 6.07) is 0. The second-order valence-corrected chi connectivity index (χ2v) is 10.1. The van der Waals surface area contributed by atoms with Gasteiger partial charge >= 0.3 is 10.4 Å². The molecule has 1 N–H and O–H groups in total. The summed E-state index contributed by atoms with van der Waals surface area (Å²) >= 11 is 0. The predicted octanol–water partition coefficient (Wildman–Crippen LogP) is 3.71. The van der Waals surface area contributed by atoms with Crippen LogP contribution in [0.4, 0.5) is 0 Å². The Labute approximate surface area is 150 Å². The summed E-state index contributed by atoms with van der Waals surface area (Å²) < 4.78 is 35.9. The molecule has 4 aliphatic rings. The van der Waals surface area contributed by atoms with Gasteiger partial charge in [-0.2, -0.15) is 8.42 Å². The van der Waals surface area contributed by atoms with E-state index in [9.17, 15) is 13.2 Å². The van der Waals surface area contributed by atoms with E-state index in [2.05, 4.69) is 19.9 Å². The first-order valence-corrected chi connectivity index (χ1v) is 10.9. The highest BCUT2D eigenvalue weighted by atomic mass is 32.3. The first-order valence-electron chi connectivity index (χ1n) is 9.52. The molecule has 0 saturated heterocycles. The Kier molecular flexibility index (Phi) is 3.99. The summed E-state index contributed by atoms with van der Waals surface area (Å²) in [7, 11) is -4.40. The van der Waals surface area contributed by atoms with Crippen molar-refractivity contribution in [2.24, 2.45) is 28.6 Å². The number of fused-ring (bicyclic) bond motifs is 5. The second kappa shape index (κ2) is 5.64. The van der Waals surface area contributed by atoms with Crippen molar-refractivity contribution in [3.8, 4) is 0 Å². The van der Waals surface area contributed by atoms with Crippen molar-refractivity contribution in [3.63, 3.8) is 0 Å². The molecule has 0 bridgehead atoms. The third kappa shape index (κ3) is 2.72. The molecular weight excluding hydrogens is 343 g/mol. The van der Waals surface area contributed by atoms with Crippen molar-refractivity contribution in [1.82, 2.24) is 0 Å². The molecule has 0 spiro atoms. The first kappa shape index (κ1) is 17.7. The van der Waals surface area contributed by atoms with Crippen LogP contribution in [0.3, 0.4) is 0 Å². The van der Waals surface area contributed by atoms with E-state index in [1.54, 1.807) is 0 Å². The van der Waals surface area contributed by atoms with Crippen LogP contribution in [0.1, 0.15) is 65.2 Å². The summed E-state index contributed by atoms with van der Waals surface area (Å²) in [6.45, 7) is 4.50. The lowest BCUT2D eigenvalue weighted by Gasteiger charge is -2.56. The van der Waals surface area contributed by atoms with E-state index in [-0.39, 0.29) is 10.8 Å². The van der Waals surface area contributed by atoms with Crippen LogP contribution in [0, 0.1) is 28.6 Å². The van der Waals surface area contributed by atoms with E-state index in [4.69, 9.17) is 8.74 Å². The molecule has 0 aromatic carbocycles. The first-order chi connectivity index (χ1) is 11.6. The summed E-state index contributed by atoms with van der Waals surface area (Å²) in [5.74, 6) is 2.10. The van der Waals surface area contributed by atoms with Crippen LogP contribution in [0.2, 0.25) is 0 Å². The predicted molar refractivity (Wildman–Crippen MR) is 93.1 cm³/mol. The molecule has 0 heterocycles. The fraction of sp³-hybridized carbons (Fsp3) is 0.842. The molecule has 4 rings (SSSR count). The molecular formula is C19H28O5S. The van der Waals surface area contributed by atoms with Gasteiger partial charge < -0.3 is 0 Å². The number of allylic oxidation sites excluding steroid dienone is 1. The number of hydrogen-bond donors (Lipinski definition) is 1. The molecule has 2 unspecified atom stereocenters. The highest BCUT2D eigenvalue weighted by molar-refractivity contribution is 7.80. The quantitative estimate of drug-likeness (QED) is 0.455. The van der Waals surface area contributed by atoms with Gasteiger partial charge in [0, 0.05) is 11.8 Å². The number of hydrogen-bond acceptors (Lipinski definition) is 4. The van der Waals surface area contributed by atoms with E-state index in [1.807, 2.05) is 0 Å². The fourth-order valence-corrected chi connectivity index (χ4v) is 7.16. The largest absolute Gasteiger partial charge is 0.397 e. The Bertz CT molecular complexity index is 726. The maximum Gasteiger partial charge on any atom is 0.397 e. The summed E-state index contributed by atoms with van der Waals surface area (Å²) in [5.41, 5.74) is 1.25. The molecule has 0 aliphatic heterocycles. The van der Waals surface area contributed by atoms with E-state index in [0.717, 1.165) is 38.5 Å². The second-order valence-electron chi connectivity index (χ2n) is 9.07. The zero-order chi connectivity index (χ0) is 18.0. The van der Waals surface area contributed by atoms with Gasteiger partial charge in [0.25, 0.3) is 0 Å². The van der Waals surface area contributed by atoms with E-state index >= 15 is 0 Å². The zero-order valence-corrected chi connectivity index (χ0v) is 15.8. The fourth-order valence-electron chi connectivity index (χ4n) is 6.65. The van der Waals surface area contributed by atoms with Crippen LogP contribution < -0.4 is 0 Å². The molecule has 6 atom stereocenters. The molecule has 0 radical (unpaired) electrons. The van der Waals surface area contributed by atoms with Crippen molar-refractivity contribution in [1.29, 1.82) is 0 Å². The highest BCUT2D eigenvalue weighted by Gasteiger charge is 2.58. The molecule has 0 aromatic heterocycles. The molecule has 5 nitrogen and oxygen atoms in total. The van der Waals surface area contributed by atoms with Gasteiger partial charge in [0.05, 0.1) is 6.10 Å². The van der Waals surface area contributed by atoms with Crippen molar-refractivity contribution < 1.29 is 21.9 Å². The SMILES string of the molecule is C[C@]12C[13CH2][13C@H](OS(=O)(=O)O)[13CH2]C1=CC[C@@H]1C2CC[C@]2(C)C(=O)CCC12. The minimum absolute atomic E-state index is 0.0783. The monoisotopic (exact) mass is 371 g/mol. The standard InChI is InChI=1S/C19H28O5S/c1-18-9-7-13(24-25(21,22)23)11-12(18)3-4-14-15-5-6-17(20)19(15,2)10-8-16(14)18/h3,13-16H,4-11H2,1-2H3,(H,21,22,23)/t13-,14-,15?,16?,18-,19-/m0/s1/i7+1,11+1,13+1. The molecule has 0 amide bonds. The zero-order valence-electron chi connectivity index (χ0n) is 15.0. The van der Waals surface area contributed by atoms with Gasteiger partial charge in [0.15, 0.2) is 0 Å². The maximum absolute atomic E-state index is 12.4. The Morgan fingerprint density at radius 3 is 2.52 bits per heavy atom. The average molecular weight is 371 g/mol. The molecule has 3 saturated carbocycles. The van der Waals surface area contributed by atoms with Crippen LogP contribution in [-0.4, -0.2) is 24.9 Å². The van der Waals surface area contributed by atoms with Crippen LogP contribution in [0.5, 0.6) is 0 Å². The third-order valence-corrected chi connectivity index (χ3v) is 8.54. The lowest BCUT2D eigenvalue weighted by molar-refractivity contribution is -0.131. The van der Waals surface area contributed by atoms with Gasteiger partial charge in [-0.05, 0) is 68.1 Å². The van der Waals surface area contributed by atoms with Gasteiger partial charge in [-0.25, -0.2) is 4.18 Å². The van der Waals surface area contributed by atoms with Crippen molar-refractivity contribution >= 4 is 16.2 Å². The minimum Gasteiger partial charge on any atom is -0.299 e. The number of ketones is 1. The Morgan fingerprint density at radius 1 is 1.12 bits per heavy atom. The normalized spacial score (nSPS) is 46.8. The van der Waals surface area contributed by atoms with E-state index in [1.165, 1.54) is 5.57 Å². The van der Waals surface area contributed by atoms with E-state index < -0.39 is 16.5 Å². The maximum atomic E-state index is 12.4. The smallest absolute Gasteiger partial charge is 0.299 e. The molecule has 25 heavy (non-hydrogen) atoms. The van der Waals surface area contributed by atoms with Gasteiger partial charge in [-0.3, -0.25) is 9.35 Å². The Balaban J connectivity index is 1.59.